The van der Waals surface area contributed by atoms with Crippen LogP contribution in [0, 0.1) is 0 Å². The predicted octanol–water partition coefficient (Wildman–Crippen LogP) is 2.01. The summed E-state index contributed by atoms with van der Waals surface area (Å²) in [5.74, 6) is 0.331. The monoisotopic (exact) mass is 267 g/mol. The van der Waals surface area contributed by atoms with Gasteiger partial charge < -0.3 is 4.74 Å². The van der Waals surface area contributed by atoms with Gasteiger partial charge in [0.15, 0.2) is 4.34 Å². The van der Waals surface area contributed by atoms with Crippen molar-refractivity contribution in [3.05, 3.63) is 35.1 Å². The zero-order valence-corrected chi connectivity index (χ0v) is 10.6. The molecule has 0 aliphatic rings. The van der Waals surface area contributed by atoms with Gasteiger partial charge in [0.1, 0.15) is 5.51 Å². The van der Waals surface area contributed by atoms with Crippen molar-refractivity contribution in [2.24, 2.45) is 0 Å². The van der Waals surface area contributed by atoms with Gasteiger partial charge >= 0.3 is 5.97 Å². The van der Waals surface area contributed by atoms with E-state index >= 15 is 0 Å². The van der Waals surface area contributed by atoms with E-state index in [1.54, 1.807) is 29.4 Å². The molecule has 5 nitrogen and oxygen atoms in total. The molecule has 2 rings (SSSR count). The minimum absolute atomic E-state index is 0.374. The van der Waals surface area contributed by atoms with Gasteiger partial charge in [0.2, 0.25) is 0 Å². The molecule has 0 spiro atoms. The van der Waals surface area contributed by atoms with Gasteiger partial charge in [-0.1, -0.05) is 23.1 Å². The third-order valence-electron chi connectivity index (χ3n) is 1.93. The Morgan fingerprint density at radius 1 is 1.53 bits per heavy atom. The molecule has 0 saturated heterocycles. The first-order chi connectivity index (χ1) is 8.29. The number of methoxy groups -OCH3 is 1. The molecule has 0 saturated carbocycles. The van der Waals surface area contributed by atoms with Gasteiger partial charge in [0.25, 0.3) is 0 Å². The van der Waals surface area contributed by atoms with Gasteiger partial charge in [-0.3, -0.25) is 4.98 Å². The molecule has 0 atom stereocenters. The molecule has 7 heteroatoms. The largest absolute Gasteiger partial charge is 0.465 e. The fraction of sp³-hybridized carbons (Fsp3) is 0.200. The lowest BCUT2D eigenvalue weighted by atomic mass is 10.2. The number of hydrogen-bond donors (Lipinski definition) is 0. The van der Waals surface area contributed by atoms with Gasteiger partial charge in [0.05, 0.1) is 18.4 Å². The maximum atomic E-state index is 11.2. The molecule has 0 bridgehead atoms. The molecule has 2 aromatic rings. The van der Waals surface area contributed by atoms with Gasteiger partial charge in [-0.15, -0.1) is 10.2 Å². The summed E-state index contributed by atoms with van der Waals surface area (Å²) in [5.41, 5.74) is 3.03. The predicted molar refractivity (Wildman–Crippen MR) is 65.0 cm³/mol. The zero-order chi connectivity index (χ0) is 12.1. The highest BCUT2D eigenvalue weighted by Crippen LogP contribution is 2.22. The maximum Gasteiger partial charge on any atom is 0.339 e. The fourth-order valence-electron chi connectivity index (χ4n) is 1.11. The summed E-state index contributed by atoms with van der Waals surface area (Å²) in [6.07, 6.45) is 1.52. The molecule has 0 amide bonds. The average molecular weight is 267 g/mol. The standard InChI is InChI=1S/C10H9N3O2S2/c1-15-9(14)7-2-3-8(11-4-7)5-16-10-13-12-6-17-10/h2-4,6H,5H2,1H3. The number of hydrogen-bond acceptors (Lipinski definition) is 7. The van der Waals surface area contributed by atoms with E-state index in [1.165, 1.54) is 24.6 Å². The van der Waals surface area contributed by atoms with Crippen molar-refractivity contribution in [1.29, 1.82) is 0 Å². The second kappa shape index (κ2) is 5.74. The first-order valence-electron chi connectivity index (χ1n) is 4.72. The summed E-state index contributed by atoms with van der Waals surface area (Å²) in [6, 6.07) is 3.51. The lowest BCUT2D eigenvalue weighted by Crippen LogP contribution is -2.02. The van der Waals surface area contributed by atoms with Crippen molar-refractivity contribution in [2.45, 2.75) is 10.1 Å². The molecule has 17 heavy (non-hydrogen) atoms. The molecular weight excluding hydrogens is 258 g/mol. The smallest absolute Gasteiger partial charge is 0.339 e. The van der Waals surface area contributed by atoms with Crippen LogP contribution in [0.25, 0.3) is 0 Å². The van der Waals surface area contributed by atoms with Crippen molar-refractivity contribution in [3.63, 3.8) is 0 Å². The van der Waals surface area contributed by atoms with Crippen LogP contribution >= 0.6 is 23.1 Å². The van der Waals surface area contributed by atoms with Crippen molar-refractivity contribution in [1.82, 2.24) is 15.2 Å². The first kappa shape index (κ1) is 12.0. The van der Waals surface area contributed by atoms with E-state index in [2.05, 4.69) is 19.9 Å². The molecule has 0 aliphatic heterocycles. The Labute approximate surface area is 106 Å². The van der Waals surface area contributed by atoms with Crippen LogP contribution in [-0.2, 0) is 10.5 Å². The van der Waals surface area contributed by atoms with Crippen LogP contribution in [0.15, 0.2) is 28.2 Å². The summed E-state index contributed by atoms with van der Waals surface area (Å²) in [7, 11) is 1.35. The SMILES string of the molecule is COC(=O)c1ccc(CSc2nncs2)nc1. The third kappa shape index (κ3) is 3.24. The van der Waals surface area contributed by atoms with Crippen LogP contribution < -0.4 is 0 Å². The van der Waals surface area contributed by atoms with E-state index in [-0.39, 0.29) is 5.97 Å². The molecule has 0 fully saturated rings. The van der Waals surface area contributed by atoms with Crippen molar-refractivity contribution >= 4 is 29.1 Å². The molecule has 2 aromatic heterocycles. The van der Waals surface area contributed by atoms with Gasteiger partial charge in [0, 0.05) is 11.9 Å². The molecular formula is C10H9N3O2S2. The number of esters is 1. The number of nitrogens with zero attached hydrogens (tertiary/aromatic N) is 3. The Kier molecular flexibility index (Phi) is 4.05. The zero-order valence-electron chi connectivity index (χ0n) is 8.99. The van der Waals surface area contributed by atoms with Crippen LogP contribution in [0.1, 0.15) is 16.1 Å². The van der Waals surface area contributed by atoms with Crippen molar-refractivity contribution in [3.8, 4) is 0 Å². The van der Waals surface area contributed by atoms with Crippen molar-refractivity contribution in [2.75, 3.05) is 7.11 Å². The first-order valence-corrected chi connectivity index (χ1v) is 6.58. The summed E-state index contributed by atoms with van der Waals surface area (Å²) in [5, 5.41) is 7.67. The number of thioether (sulfide) groups is 1. The summed E-state index contributed by atoms with van der Waals surface area (Å²) in [4.78, 5) is 15.4. The minimum atomic E-state index is -0.374. The molecule has 0 radical (unpaired) electrons. The number of carbonyl (C=O) groups is 1. The lowest BCUT2D eigenvalue weighted by molar-refractivity contribution is 0.0600. The lowest BCUT2D eigenvalue weighted by Gasteiger charge is -2.00. The molecule has 2 heterocycles. The number of ether oxygens (including phenoxy) is 1. The number of carbonyl (C=O) groups excluding carboxylic acids is 1. The second-order valence-electron chi connectivity index (χ2n) is 3.02. The maximum absolute atomic E-state index is 11.2. The van der Waals surface area contributed by atoms with Gasteiger partial charge in [-0.2, -0.15) is 0 Å². The van der Waals surface area contributed by atoms with E-state index < -0.39 is 0 Å². The quantitative estimate of drug-likeness (QED) is 0.623. The Morgan fingerprint density at radius 2 is 2.41 bits per heavy atom. The number of pyridine rings is 1. The van der Waals surface area contributed by atoms with E-state index in [0.29, 0.717) is 11.3 Å². The van der Waals surface area contributed by atoms with Crippen LogP contribution in [0.4, 0.5) is 0 Å². The Morgan fingerprint density at radius 3 is 3.00 bits per heavy atom. The van der Waals surface area contributed by atoms with Crippen LogP contribution in [0.2, 0.25) is 0 Å². The molecule has 88 valence electrons. The van der Waals surface area contributed by atoms with Gasteiger partial charge in [-0.05, 0) is 12.1 Å². The normalized spacial score (nSPS) is 10.2. The highest BCUT2D eigenvalue weighted by atomic mass is 32.2. The van der Waals surface area contributed by atoms with E-state index in [4.69, 9.17) is 0 Å². The molecule has 0 unspecified atom stereocenters. The van der Waals surface area contributed by atoms with Crippen molar-refractivity contribution < 1.29 is 9.53 Å². The molecule has 0 aromatic carbocycles. The molecule has 0 aliphatic carbocycles. The average Bonchev–Trinajstić information content (AvgIpc) is 2.89. The Hall–Kier alpha value is -1.47. The summed E-state index contributed by atoms with van der Waals surface area (Å²) >= 11 is 3.06. The summed E-state index contributed by atoms with van der Waals surface area (Å²) < 4.78 is 5.50. The Bertz CT molecular complexity index is 485. The van der Waals surface area contributed by atoms with E-state index in [9.17, 15) is 4.79 Å². The van der Waals surface area contributed by atoms with E-state index in [1.807, 2.05) is 0 Å². The summed E-state index contributed by atoms with van der Waals surface area (Å²) in [6.45, 7) is 0. The number of aromatic nitrogens is 3. The van der Waals surface area contributed by atoms with Crippen LogP contribution in [0.3, 0.4) is 0 Å². The van der Waals surface area contributed by atoms with Crippen LogP contribution in [0.5, 0.6) is 0 Å². The van der Waals surface area contributed by atoms with Gasteiger partial charge in [-0.25, -0.2) is 4.79 Å². The number of rotatable bonds is 4. The highest BCUT2D eigenvalue weighted by Gasteiger charge is 2.06. The fourth-order valence-corrected chi connectivity index (χ4v) is 2.51. The highest BCUT2D eigenvalue weighted by molar-refractivity contribution is 8.00. The second-order valence-corrected chi connectivity index (χ2v) is 5.08. The third-order valence-corrected chi connectivity index (χ3v) is 3.82. The van der Waals surface area contributed by atoms with E-state index in [0.717, 1.165) is 10.0 Å². The Balaban J connectivity index is 1.96. The minimum Gasteiger partial charge on any atom is -0.465 e. The van der Waals surface area contributed by atoms with Crippen LogP contribution in [-0.4, -0.2) is 28.3 Å². The topological polar surface area (TPSA) is 65.0 Å². The molecule has 0 N–H and O–H groups in total.